The van der Waals surface area contributed by atoms with Crippen LogP contribution >= 0.6 is 45.8 Å². The number of nitrogens with zero attached hydrogens (tertiary/aromatic N) is 1. The molecule has 1 heterocycles. The third kappa shape index (κ3) is 3.58. The Morgan fingerprint density at radius 2 is 1.84 bits per heavy atom. The number of pyridine rings is 1. The van der Waals surface area contributed by atoms with Gasteiger partial charge in [0.25, 0.3) is 5.91 Å². The Bertz CT molecular complexity index is 629. The summed E-state index contributed by atoms with van der Waals surface area (Å²) in [6.45, 7) is 1.75. The average Bonchev–Trinajstić information content (AvgIpc) is 2.36. The Balaban J connectivity index is 2.24. The molecule has 0 aliphatic carbocycles. The van der Waals surface area contributed by atoms with Crippen LogP contribution in [0.25, 0.3) is 0 Å². The van der Waals surface area contributed by atoms with Gasteiger partial charge in [-0.2, -0.15) is 0 Å². The van der Waals surface area contributed by atoms with Gasteiger partial charge in [-0.1, -0.05) is 23.2 Å². The van der Waals surface area contributed by atoms with Crippen molar-refractivity contribution >= 4 is 57.5 Å². The molecule has 1 amide bonds. The van der Waals surface area contributed by atoms with Crippen molar-refractivity contribution in [3.63, 3.8) is 0 Å². The molecule has 0 radical (unpaired) electrons. The van der Waals surface area contributed by atoms with Crippen molar-refractivity contribution in [3.8, 4) is 0 Å². The van der Waals surface area contributed by atoms with Crippen molar-refractivity contribution < 1.29 is 4.79 Å². The van der Waals surface area contributed by atoms with E-state index in [9.17, 15) is 4.79 Å². The fourth-order valence-corrected chi connectivity index (χ4v) is 2.19. The number of hydrogen-bond acceptors (Lipinski definition) is 2. The number of halogens is 3. The zero-order valence-electron chi connectivity index (χ0n) is 9.88. The summed E-state index contributed by atoms with van der Waals surface area (Å²) in [5.41, 5.74) is 1.16. The Hall–Kier alpha value is -0.850. The highest BCUT2D eigenvalue weighted by molar-refractivity contribution is 14.1. The van der Waals surface area contributed by atoms with E-state index < -0.39 is 0 Å². The second-order valence-electron chi connectivity index (χ2n) is 3.85. The lowest BCUT2D eigenvalue weighted by Crippen LogP contribution is -2.13. The van der Waals surface area contributed by atoms with Gasteiger partial charge in [-0.15, -0.1) is 0 Å². The third-order valence-electron chi connectivity index (χ3n) is 2.44. The predicted octanol–water partition coefficient (Wildman–Crippen LogP) is 4.55. The Labute approximate surface area is 134 Å². The predicted molar refractivity (Wildman–Crippen MR) is 86.1 cm³/mol. The molecule has 0 saturated heterocycles. The van der Waals surface area contributed by atoms with Crippen molar-refractivity contribution in [1.29, 1.82) is 0 Å². The zero-order chi connectivity index (χ0) is 14.0. The van der Waals surface area contributed by atoms with Gasteiger partial charge in [0.2, 0.25) is 0 Å². The van der Waals surface area contributed by atoms with Gasteiger partial charge in [0.1, 0.15) is 0 Å². The number of aromatic nitrogens is 1. The van der Waals surface area contributed by atoms with Crippen molar-refractivity contribution in [2.75, 3.05) is 5.32 Å². The van der Waals surface area contributed by atoms with Gasteiger partial charge in [-0.25, -0.2) is 4.98 Å². The number of aryl methyl sites for hydroxylation is 1. The molecule has 1 aromatic heterocycles. The first-order valence-electron chi connectivity index (χ1n) is 5.37. The molecule has 1 N–H and O–H groups in total. The lowest BCUT2D eigenvalue weighted by molar-refractivity contribution is 0.102. The van der Waals surface area contributed by atoms with E-state index in [1.165, 1.54) is 0 Å². The maximum Gasteiger partial charge on any atom is 0.256 e. The number of nitrogens with one attached hydrogen (secondary N) is 1. The van der Waals surface area contributed by atoms with E-state index in [1.807, 2.05) is 12.1 Å². The number of amides is 1. The van der Waals surface area contributed by atoms with E-state index in [-0.39, 0.29) is 5.91 Å². The minimum absolute atomic E-state index is 0.257. The van der Waals surface area contributed by atoms with Crippen molar-refractivity contribution in [1.82, 2.24) is 4.98 Å². The fraction of sp³-hybridized carbons (Fsp3) is 0.0769. The lowest BCUT2D eigenvalue weighted by atomic mass is 10.2. The first kappa shape index (κ1) is 14.6. The molecular formula is C13H9Cl2IN2O. The molecule has 0 atom stereocenters. The molecule has 0 aliphatic rings. The summed E-state index contributed by atoms with van der Waals surface area (Å²) in [6, 6.07) is 8.77. The van der Waals surface area contributed by atoms with E-state index in [2.05, 4.69) is 32.9 Å². The first-order chi connectivity index (χ1) is 8.97. The van der Waals surface area contributed by atoms with Gasteiger partial charge in [0, 0.05) is 9.13 Å². The molecule has 98 valence electrons. The van der Waals surface area contributed by atoms with Gasteiger partial charge in [0.15, 0.2) is 5.82 Å². The summed E-state index contributed by atoms with van der Waals surface area (Å²) >= 11 is 14.1. The summed E-state index contributed by atoms with van der Waals surface area (Å²) in [5.74, 6) is 0.0552. The Morgan fingerprint density at radius 3 is 2.47 bits per heavy atom. The molecule has 3 nitrogen and oxygen atoms in total. The average molecular weight is 407 g/mol. The van der Waals surface area contributed by atoms with E-state index in [1.54, 1.807) is 25.1 Å². The molecule has 2 aromatic rings. The van der Waals surface area contributed by atoms with Crippen LogP contribution in [0.5, 0.6) is 0 Å². The molecule has 0 unspecified atom stereocenters. The van der Waals surface area contributed by atoms with Crippen molar-refractivity contribution in [3.05, 3.63) is 55.2 Å². The number of rotatable bonds is 2. The van der Waals surface area contributed by atoms with Crippen LogP contribution in [0.4, 0.5) is 5.82 Å². The van der Waals surface area contributed by atoms with E-state index in [0.717, 1.165) is 3.57 Å². The molecule has 0 spiro atoms. The minimum atomic E-state index is -0.257. The molecular weight excluding hydrogens is 398 g/mol. The molecule has 0 aliphatic heterocycles. The maximum atomic E-state index is 12.0. The van der Waals surface area contributed by atoms with Crippen molar-refractivity contribution in [2.45, 2.75) is 6.92 Å². The summed E-state index contributed by atoms with van der Waals surface area (Å²) in [7, 11) is 0. The molecule has 0 saturated carbocycles. The highest BCUT2D eigenvalue weighted by Crippen LogP contribution is 2.25. The van der Waals surface area contributed by atoms with Crippen LogP contribution in [0.1, 0.15) is 16.1 Å². The third-order valence-corrected chi connectivity index (χ3v) is 3.83. The van der Waals surface area contributed by atoms with Crippen molar-refractivity contribution in [2.24, 2.45) is 0 Å². The molecule has 0 bridgehead atoms. The Morgan fingerprint density at radius 1 is 1.21 bits per heavy atom. The second kappa shape index (κ2) is 6.07. The smallest absolute Gasteiger partial charge is 0.256 e. The van der Waals surface area contributed by atoms with Crippen LogP contribution < -0.4 is 5.32 Å². The largest absolute Gasteiger partial charge is 0.305 e. The molecule has 0 fully saturated rings. The molecule has 19 heavy (non-hydrogen) atoms. The van der Waals surface area contributed by atoms with Crippen LogP contribution in [0.2, 0.25) is 10.0 Å². The normalized spacial score (nSPS) is 10.3. The van der Waals surface area contributed by atoms with Crippen LogP contribution in [0, 0.1) is 10.5 Å². The number of carbonyl (C=O) groups is 1. The van der Waals surface area contributed by atoms with E-state index in [4.69, 9.17) is 23.2 Å². The second-order valence-corrected chi connectivity index (χ2v) is 5.91. The zero-order valence-corrected chi connectivity index (χ0v) is 13.5. The van der Waals surface area contributed by atoms with Gasteiger partial charge in [-0.3, -0.25) is 4.79 Å². The fourth-order valence-electron chi connectivity index (χ4n) is 1.43. The summed E-state index contributed by atoms with van der Waals surface area (Å²) in [6.07, 6.45) is 0. The molecule has 1 aromatic carbocycles. The highest BCUT2D eigenvalue weighted by atomic mass is 127. The number of anilines is 1. The van der Waals surface area contributed by atoms with E-state index in [0.29, 0.717) is 27.1 Å². The number of benzene rings is 1. The number of carbonyl (C=O) groups excluding carboxylic acids is 1. The van der Waals surface area contributed by atoms with Crippen LogP contribution in [-0.4, -0.2) is 10.9 Å². The van der Waals surface area contributed by atoms with Crippen LogP contribution in [0.15, 0.2) is 30.3 Å². The monoisotopic (exact) mass is 406 g/mol. The standard InChI is InChI=1S/C13H9Cl2IN2O/c1-7-10(14)6-11(15)12(17-7)18-13(19)8-2-4-9(16)5-3-8/h2-6H,1H3,(H,17,18,19). The Kier molecular flexibility index (Phi) is 4.65. The summed E-state index contributed by atoms with van der Waals surface area (Å²) < 4.78 is 1.06. The quantitative estimate of drug-likeness (QED) is 0.743. The molecule has 2 rings (SSSR count). The van der Waals surface area contributed by atoms with Crippen LogP contribution in [-0.2, 0) is 0 Å². The van der Waals surface area contributed by atoms with Gasteiger partial charge in [0.05, 0.1) is 15.7 Å². The SMILES string of the molecule is Cc1nc(NC(=O)c2ccc(I)cc2)c(Cl)cc1Cl. The van der Waals surface area contributed by atoms with Gasteiger partial charge in [-0.05, 0) is 59.8 Å². The maximum absolute atomic E-state index is 12.0. The van der Waals surface area contributed by atoms with Crippen LogP contribution in [0.3, 0.4) is 0 Å². The number of hydrogen-bond donors (Lipinski definition) is 1. The van der Waals surface area contributed by atoms with Gasteiger partial charge >= 0.3 is 0 Å². The van der Waals surface area contributed by atoms with Gasteiger partial charge < -0.3 is 5.32 Å². The summed E-state index contributed by atoms with van der Waals surface area (Å²) in [4.78, 5) is 16.2. The topological polar surface area (TPSA) is 42.0 Å². The first-order valence-corrected chi connectivity index (χ1v) is 7.20. The molecule has 6 heteroatoms. The van der Waals surface area contributed by atoms with E-state index >= 15 is 0 Å². The highest BCUT2D eigenvalue weighted by Gasteiger charge is 2.11. The lowest BCUT2D eigenvalue weighted by Gasteiger charge is -2.08. The summed E-state index contributed by atoms with van der Waals surface area (Å²) in [5, 5.41) is 3.45. The minimum Gasteiger partial charge on any atom is -0.305 e.